The average Bonchev–Trinajstić information content (AvgIpc) is 2.97. The number of carbonyl (C=O) groups is 2. The number of aryl methyl sites for hydroxylation is 1. The number of thiophene rings is 1. The Balaban J connectivity index is 2.19. The normalized spacial score (nSPS) is 13.0. The van der Waals surface area contributed by atoms with Crippen LogP contribution in [-0.2, 0) is 12.8 Å². The number of anilines is 1. The number of amides is 2. The second kappa shape index (κ2) is 6.88. The number of aliphatic hydroxyl groups is 2. The van der Waals surface area contributed by atoms with E-state index < -0.39 is 12.0 Å². The average molecular weight is 313 g/mol. The number of hydrogen-bond acceptors (Lipinski definition) is 6. The first-order valence-electron chi connectivity index (χ1n) is 6.72. The minimum atomic E-state index is -1.29. The monoisotopic (exact) mass is 313 g/mol. The fourth-order valence-electron chi connectivity index (χ4n) is 2.44. The number of urea groups is 1. The predicted molar refractivity (Wildman–Crippen MR) is 75.4 cm³/mol. The second-order valence-corrected chi connectivity index (χ2v) is 5.82. The van der Waals surface area contributed by atoms with Crippen molar-refractivity contribution in [2.24, 2.45) is 0 Å². The zero-order valence-electron chi connectivity index (χ0n) is 11.4. The first-order chi connectivity index (χ1) is 10.1. The lowest BCUT2D eigenvalue weighted by Crippen LogP contribution is -2.39. The molecule has 1 aliphatic carbocycles. The lowest BCUT2D eigenvalue weighted by molar-refractivity contribution is -0.254. The molecule has 1 heterocycles. The summed E-state index contributed by atoms with van der Waals surface area (Å²) in [6, 6.07) is -0.541. The van der Waals surface area contributed by atoms with Crippen molar-refractivity contribution >= 4 is 28.3 Å². The summed E-state index contributed by atoms with van der Waals surface area (Å²) in [4.78, 5) is 25.6. The number of aromatic carboxylic acids is 1. The van der Waals surface area contributed by atoms with Gasteiger partial charge < -0.3 is 25.0 Å². The van der Waals surface area contributed by atoms with Gasteiger partial charge in [0.25, 0.3) is 0 Å². The van der Waals surface area contributed by atoms with Crippen LogP contribution in [0.2, 0.25) is 0 Å². The Kier molecular flexibility index (Phi) is 5.16. The number of carboxylic acid groups (broad SMARTS) is 1. The Morgan fingerprint density at radius 3 is 2.48 bits per heavy atom. The third-order valence-electron chi connectivity index (χ3n) is 3.37. The van der Waals surface area contributed by atoms with Gasteiger partial charge in [-0.25, -0.2) is 4.79 Å². The number of rotatable bonds is 6. The summed E-state index contributed by atoms with van der Waals surface area (Å²) < 4.78 is 0. The molecule has 0 aliphatic heterocycles. The van der Waals surface area contributed by atoms with Crippen molar-refractivity contribution in [2.45, 2.75) is 19.3 Å². The molecule has 1 aliphatic rings. The Hall–Kier alpha value is -1.64. The van der Waals surface area contributed by atoms with E-state index in [4.69, 9.17) is 10.2 Å². The first kappa shape index (κ1) is 15.7. The Morgan fingerprint density at radius 2 is 1.90 bits per heavy atom. The zero-order valence-corrected chi connectivity index (χ0v) is 12.2. The van der Waals surface area contributed by atoms with E-state index in [2.05, 4.69) is 5.32 Å². The molecular formula is C13H17N2O5S-. The maximum atomic E-state index is 12.1. The number of hydrogen-bond donors (Lipinski definition) is 3. The molecule has 3 N–H and O–H groups in total. The Labute approximate surface area is 125 Å². The molecule has 1 aromatic rings. The number of fused-ring (bicyclic) bond motifs is 1. The second-order valence-electron chi connectivity index (χ2n) is 4.71. The van der Waals surface area contributed by atoms with Crippen LogP contribution >= 0.6 is 11.3 Å². The van der Waals surface area contributed by atoms with E-state index in [-0.39, 0.29) is 36.9 Å². The van der Waals surface area contributed by atoms with Gasteiger partial charge in [0, 0.05) is 23.5 Å². The molecular weight excluding hydrogens is 296 g/mol. The van der Waals surface area contributed by atoms with Gasteiger partial charge in [-0.15, -0.1) is 11.3 Å². The van der Waals surface area contributed by atoms with E-state index in [1.54, 1.807) is 0 Å². The van der Waals surface area contributed by atoms with Crippen molar-refractivity contribution in [3.05, 3.63) is 16.0 Å². The van der Waals surface area contributed by atoms with Gasteiger partial charge in [0.15, 0.2) is 0 Å². The Bertz CT molecular complexity index is 537. The van der Waals surface area contributed by atoms with Crippen LogP contribution in [0, 0.1) is 0 Å². The topological polar surface area (TPSA) is 113 Å². The lowest BCUT2D eigenvalue weighted by atomic mass is 10.1. The molecule has 0 bridgehead atoms. The summed E-state index contributed by atoms with van der Waals surface area (Å²) >= 11 is 1.25. The van der Waals surface area contributed by atoms with Crippen LogP contribution in [0.15, 0.2) is 0 Å². The molecule has 0 radical (unpaired) electrons. The first-order valence-corrected chi connectivity index (χ1v) is 7.53. The van der Waals surface area contributed by atoms with Crippen LogP contribution in [0.1, 0.15) is 27.2 Å². The van der Waals surface area contributed by atoms with Crippen molar-refractivity contribution in [1.82, 2.24) is 4.90 Å². The summed E-state index contributed by atoms with van der Waals surface area (Å²) in [7, 11) is 0. The van der Waals surface area contributed by atoms with E-state index in [1.807, 2.05) is 0 Å². The fraction of sp³-hybridized carbons (Fsp3) is 0.538. The molecule has 0 atom stereocenters. The van der Waals surface area contributed by atoms with Gasteiger partial charge in [-0.05, 0) is 24.8 Å². The van der Waals surface area contributed by atoms with E-state index in [9.17, 15) is 14.7 Å². The van der Waals surface area contributed by atoms with Crippen molar-refractivity contribution in [1.29, 1.82) is 0 Å². The summed E-state index contributed by atoms with van der Waals surface area (Å²) in [5.41, 5.74) is 0.819. The van der Waals surface area contributed by atoms with Crippen molar-refractivity contribution < 1.29 is 24.9 Å². The highest BCUT2D eigenvalue weighted by Gasteiger charge is 2.24. The highest BCUT2D eigenvalue weighted by molar-refractivity contribution is 7.17. The quantitative estimate of drug-likeness (QED) is 0.650. The molecule has 0 aromatic carbocycles. The molecule has 0 saturated heterocycles. The van der Waals surface area contributed by atoms with E-state index >= 15 is 0 Å². The zero-order chi connectivity index (χ0) is 15.4. The van der Waals surface area contributed by atoms with Crippen LogP contribution in [0.25, 0.3) is 0 Å². The number of nitrogens with one attached hydrogen (secondary N) is 1. The van der Waals surface area contributed by atoms with Gasteiger partial charge in [-0.3, -0.25) is 5.32 Å². The molecule has 1 aromatic heterocycles. The minimum absolute atomic E-state index is 0.0637. The van der Waals surface area contributed by atoms with Crippen LogP contribution < -0.4 is 10.4 Å². The summed E-state index contributed by atoms with van der Waals surface area (Å²) in [6.45, 7) is -0.334. The van der Waals surface area contributed by atoms with E-state index in [0.29, 0.717) is 6.42 Å². The van der Waals surface area contributed by atoms with Crippen molar-refractivity contribution in [3.8, 4) is 0 Å². The number of aliphatic hydroxyl groups excluding tert-OH is 2. The van der Waals surface area contributed by atoms with Gasteiger partial charge in [-0.2, -0.15) is 0 Å². The fourth-order valence-corrected chi connectivity index (χ4v) is 3.71. The van der Waals surface area contributed by atoms with Gasteiger partial charge in [0.1, 0.15) is 5.00 Å². The highest BCUT2D eigenvalue weighted by Crippen LogP contribution is 2.38. The van der Waals surface area contributed by atoms with E-state index in [0.717, 1.165) is 23.3 Å². The van der Waals surface area contributed by atoms with Crippen molar-refractivity contribution in [3.63, 3.8) is 0 Å². The van der Waals surface area contributed by atoms with Crippen LogP contribution in [0.5, 0.6) is 0 Å². The molecule has 21 heavy (non-hydrogen) atoms. The summed E-state index contributed by atoms with van der Waals surface area (Å²) in [5, 5.41) is 31.9. The smallest absolute Gasteiger partial charge is 0.322 e. The van der Waals surface area contributed by atoms with Crippen LogP contribution in [0.4, 0.5) is 9.80 Å². The van der Waals surface area contributed by atoms with Crippen LogP contribution in [0.3, 0.4) is 0 Å². The highest BCUT2D eigenvalue weighted by atomic mass is 32.1. The third-order valence-corrected chi connectivity index (χ3v) is 4.58. The lowest BCUT2D eigenvalue weighted by Gasteiger charge is -2.21. The molecule has 0 spiro atoms. The number of carbonyl (C=O) groups excluding carboxylic acids is 2. The maximum Gasteiger partial charge on any atom is 0.322 e. The molecule has 2 amide bonds. The molecule has 2 rings (SSSR count). The van der Waals surface area contributed by atoms with E-state index in [1.165, 1.54) is 16.2 Å². The molecule has 0 fully saturated rings. The van der Waals surface area contributed by atoms with Gasteiger partial charge in [-0.1, -0.05) is 0 Å². The van der Waals surface area contributed by atoms with Gasteiger partial charge in [0.05, 0.1) is 19.2 Å². The number of nitrogens with zero attached hydrogens (tertiary/aromatic N) is 1. The van der Waals surface area contributed by atoms with Crippen molar-refractivity contribution in [2.75, 3.05) is 31.6 Å². The van der Waals surface area contributed by atoms with Gasteiger partial charge in [0.2, 0.25) is 0 Å². The molecule has 8 heteroatoms. The Morgan fingerprint density at radius 1 is 1.24 bits per heavy atom. The minimum Gasteiger partial charge on any atom is -0.545 e. The summed E-state index contributed by atoms with van der Waals surface area (Å²) in [6.07, 6.45) is 2.41. The van der Waals surface area contributed by atoms with Gasteiger partial charge >= 0.3 is 6.03 Å². The SMILES string of the molecule is O=C([O-])c1c(NC(=O)N(CCO)CCO)sc2c1CCC2. The molecule has 7 nitrogen and oxygen atoms in total. The maximum absolute atomic E-state index is 12.1. The molecule has 0 saturated carbocycles. The molecule has 116 valence electrons. The molecule has 0 unspecified atom stereocenters. The summed E-state index contributed by atoms with van der Waals surface area (Å²) in [5.74, 6) is -1.29. The largest absolute Gasteiger partial charge is 0.545 e. The predicted octanol–water partition coefficient (Wildman–Crippen LogP) is -0.581. The third kappa shape index (κ3) is 3.34. The standard InChI is InChI=1S/C13H18N2O5S/c16-6-4-15(5-7-17)13(20)14-11-10(12(18)19)8-2-1-3-9(8)21-11/h16-17H,1-7H2,(H,14,20)(H,18,19)/p-1. The van der Waals surface area contributed by atoms with Crippen LogP contribution in [-0.4, -0.2) is 53.4 Å². The number of carboxylic acids is 1.